The third-order valence-corrected chi connectivity index (χ3v) is 2.62. The minimum atomic E-state index is -2.43. The molecule has 108 valence electrons. The molecule has 0 saturated heterocycles. The van der Waals surface area contributed by atoms with Crippen molar-refractivity contribution < 1.29 is 14.8 Å². The van der Waals surface area contributed by atoms with Gasteiger partial charge in [-0.2, -0.15) is 0 Å². The molecule has 1 N–H and O–H groups in total. The Morgan fingerprint density at radius 2 is 1.40 bits per heavy atom. The summed E-state index contributed by atoms with van der Waals surface area (Å²) < 4.78 is 11.3. The van der Waals surface area contributed by atoms with E-state index in [0.29, 0.717) is 12.1 Å². The smallest absolute Gasteiger partial charge is 0.270 e. The maximum atomic E-state index is 10.9. The van der Waals surface area contributed by atoms with Gasteiger partial charge in [0.15, 0.2) is 0 Å². The Hall–Kier alpha value is -2.63. The van der Waals surface area contributed by atoms with Crippen LogP contribution >= 0.6 is 0 Å². The van der Waals surface area contributed by atoms with Crippen molar-refractivity contribution in [2.75, 3.05) is 12.5 Å². The van der Waals surface area contributed by atoms with Gasteiger partial charge in [-0.1, -0.05) is 9.62 Å². The molecule has 0 unspecified atom stereocenters. The molecule has 0 aromatic heterocycles. The molecule has 12 heteroatoms. The highest BCUT2D eigenvalue weighted by molar-refractivity contribution is 7.93. The summed E-state index contributed by atoms with van der Waals surface area (Å²) in [6, 6.07) is 1.19. The van der Waals surface area contributed by atoms with E-state index < -0.39 is 47.1 Å². The third kappa shape index (κ3) is 3.44. The van der Waals surface area contributed by atoms with Crippen LogP contribution in [0.25, 0.3) is 0 Å². The molecule has 1 aromatic carbocycles. The molecule has 20 heavy (non-hydrogen) atoms. The van der Waals surface area contributed by atoms with E-state index in [1.165, 1.54) is 12.5 Å². The Balaban J connectivity index is 3.88. The van der Waals surface area contributed by atoms with Crippen molar-refractivity contribution in [3.8, 4) is 0 Å². The Morgan fingerprint density at radius 1 is 1.00 bits per heavy atom. The average molecular weight is 303 g/mol. The van der Waals surface area contributed by atoms with E-state index in [4.69, 9.17) is 4.78 Å². The first kappa shape index (κ1) is 15.4. The molecule has 0 aliphatic heterocycles. The van der Waals surface area contributed by atoms with Gasteiger partial charge < -0.3 is 0 Å². The van der Waals surface area contributed by atoms with Gasteiger partial charge in [-0.05, 0) is 0 Å². The fourth-order valence-electron chi connectivity index (χ4n) is 1.30. The zero-order valence-corrected chi connectivity index (χ0v) is 11.1. The lowest BCUT2D eigenvalue weighted by Crippen LogP contribution is -1.99. The van der Waals surface area contributed by atoms with Crippen LogP contribution in [0.15, 0.2) is 16.5 Å². The molecule has 1 aromatic rings. The predicted octanol–water partition coefficient (Wildman–Crippen LogP) is 2.40. The van der Waals surface area contributed by atoms with Crippen LogP contribution in [-0.2, 0) is 9.62 Å². The molecule has 0 saturated carbocycles. The highest BCUT2D eigenvalue weighted by Crippen LogP contribution is 2.41. The molecule has 0 atom stereocenters. The summed E-state index contributed by atoms with van der Waals surface area (Å²) in [6.45, 7) is 0. The highest BCUT2D eigenvalue weighted by Gasteiger charge is 2.30. The fraction of sp³-hybridized carbons (Fsp3) is 0.250. The van der Waals surface area contributed by atoms with Crippen LogP contribution in [0.5, 0.6) is 0 Å². The Labute approximate surface area is 112 Å². The molecule has 0 aliphatic rings. The van der Waals surface area contributed by atoms with Crippen molar-refractivity contribution in [1.29, 1.82) is 4.78 Å². The molecular formula is C8H9N5O6S. The number of hydrogen-bond acceptors (Lipinski definition) is 8. The van der Waals surface area contributed by atoms with Gasteiger partial charge >= 0.3 is 11.4 Å². The second-order valence-electron chi connectivity index (χ2n) is 3.97. The number of nitro groups is 3. The van der Waals surface area contributed by atoms with Crippen LogP contribution in [0.1, 0.15) is 0 Å². The summed E-state index contributed by atoms with van der Waals surface area (Å²) in [5.41, 5.74) is -3.13. The highest BCUT2D eigenvalue weighted by atomic mass is 32.2. The van der Waals surface area contributed by atoms with Crippen LogP contribution in [0.2, 0.25) is 0 Å². The van der Waals surface area contributed by atoms with Crippen molar-refractivity contribution in [2.24, 2.45) is 4.36 Å². The van der Waals surface area contributed by atoms with Crippen molar-refractivity contribution in [1.82, 2.24) is 0 Å². The first-order valence-electron chi connectivity index (χ1n) is 4.85. The molecule has 0 radical (unpaired) electrons. The summed E-state index contributed by atoms with van der Waals surface area (Å²) in [4.78, 5) is 29.5. The van der Waals surface area contributed by atoms with Crippen LogP contribution in [0.3, 0.4) is 0 Å². The standard InChI is InChI=1S/C8H9N5O6S/c1-20(2,9)10-8-6(12(16)17)3-5(11(14)15)4-7(8)13(18)19/h3-4,9H,1-2H3. The van der Waals surface area contributed by atoms with Gasteiger partial charge in [0.2, 0.25) is 5.69 Å². The van der Waals surface area contributed by atoms with E-state index in [-0.39, 0.29) is 0 Å². The molecule has 0 aliphatic carbocycles. The van der Waals surface area contributed by atoms with Crippen molar-refractivity contribution in [3.63, 3.8) is 0 Å². The number of rotatable bonds is 4. The van der Waals surface area contributed by atoms with Crippen molar-refractivity contribution in [2.45, 2.75) is 0 Å². The molecule has 1 rings (SSSR count). The fourth-order valence-corrected chi connectivity index (χ4v) is 1.94. The zero-order valence-electron chi connectivity index (χ0n) is 10.3. The number of nitro benzene ring substituents is 3. The number of non-ortho nitro benzene ring substituents is 1. The van der Waals surface area contributed by atoms with Gasteiger partial charge in [0.25, 0.3) is 5.69 Å². The molecule has 0 fully saturated rings. The topological polar surface area (TPSA) is 166 Å². The van der Waals surface area contributed by atoms with Crippen LogP contribution in [0.4, 0.5) is 22.7 Å². The molecule has 0 heterocycles. The first-order chi connectivity index (χ1) is 9.03. The van der Waals surface area contributed by atoms with E-state index in [0.717, 1.165) is 0 Å². The minimum Gasteiger partial charge on any atom is -0.270 e. The van der Waals surface area contributed by atoms with Crippen LogP contribution in [-0.4, -0.2) is 27.3 Å². The monoisotopic (exact) mass is 303 g/mol. The maximum absolute atomic E-state index is 10.9. The predicted molar refractivity (Wildman–Crippen MR) is 70.4 cm³/mol. The van der Waals surface area contributed by atoms with Crippen molar-refractivity contribution in [3.05, 3.63) is 42.5 Å². The largest absolute Gasteiger partial charge is 0.309 e. The second kappa shape index (κ2) is 5.16. The number of benzene rings is 1. The van der Waals surface area contributed by atoms with Gasteiger partial charge in [0.05, 0.1) is 26.9 Å². The quantitative estimate of drug-likeness (QED) is 0.661. The maximum Gasteiger partial charge on any atom is 0.309 e. The summed E-state index contributed by atoms with van der Waals surface area (Å²) in [7, 11) is -2.43. The number of nitrogens with zero attached hydrogens (tertiary/aromatic N) is 4. The molecule has 0 bridgehead atoms. The SMILES string of the molecule is CS(C)(=N)=Nc1c([N+](=O)[O-])cc([N+](=O)[O-])cc1[N+](=O)[O-]. The Morgan fingerprint density at radius 3 is 1.65 bits per heavy atom. The first-order valence-corrected chi connectivity index (χ1v) is 7.25. The zero-order chi connectivity index (χ0) is 15.7. The van der Waals surface area contributed by atoms with Crippen LogP contribution < -0.4 is 0 Å². The number of hydrogen-bond donors (Lipinski definition) is 1. The van der Waals surface area contributed by atoms with E-state index in [2.05, 4.69) is 4.36 Å². The van der Waals surface area contributed by atoms with Crippen molar-refractivity contribution >= 4 is 32.4 Å². The molecule has 0 amide bonds. The summed E-state index contributed by atoms with van der Waals surface area (Å²) in [5, 5.41) is 32.5. The molecule has 11 nitrogen and oxygen atoms in total. The van der Waals surface area contributed by atoms with E-state index >= 15 is 0 Å². The lowest BCUT2D eigenvalue weighted by Gasteiger charge is -2.02. The van der Waals surface area contributed by atoms with E-state index in [1.807, 2.05) is 0 Å². The van der Waals surface area contributed by atoms with E-state index in [9.17, 15) is 30.3 Å². The third-order valence-electron chi connectivity index (χ3n) is 1.98. The van der Waals surface area contributed by atoms with E-state index in [1.54, 1.807) is 0 Å². The van der Waals surface area contributed by atoms with Gasteiger partial charge in [0, 0.05) is 12.5 Å². The minimum absolute atomic E-state index is 0.594. The summed E-state index contributed by atoms with van der Waals surface area (Å²) >= 11 is 0. The average Bonchev–Trinajstić information content (AvgIpc) is 2.25. The second-order valence-corrected chi connectivity index (χ2v) is 6.70. The lowest BCUT2D eigenvalue weighted by atomic mass is 10.2. The van der Waals surface area contributed by atoms with Gasteiger partial charge in [0.1, 0.15) is 0 Å². The Kier molecular flexibility index (Phi) is 3.98. The normalized spacial score (nSPS) is 10.9. The van der Waals surface area contributed by atoms with Gasteiger partial charge in [-0.25, -0.2) is 4.36 Å². The lowest BCUT2D eigenvalue weighted by molar-refractivity contribution is -0.402. The Bertz CT molecular complexity index is 692. The summed E-state index contributed by atoms with van der Waals surface area (Å²) in [5.74, 6) is 0. The number of nitrogens with one attached hydrogen (secondary N) is 1. The van der Waals surface area contributed by atoms with Gasteiger partial charge in [-0.3, -0.25) is 35.1 Å². The van der Waals surface area contributed by atoms with Crippen LogP contribution in [0, 0.1) is 35.1 Å². The molecule has 0 spiro atoms. The summed E-state index contributed by atoms with van der Waals surface area (Å²) in [6.07, 6.45) is 2.70. The van der Waals surface area contributed by atoms with Gasteiger partial charge in [-0.15, -0.1) is 0 Å². The molecular weight excluding hydrogens is 294 g/mol.